The van der Waals surface area contributed by atoms with E-state index in [0.717, 1.165) is 0 Å². The van der Waals surface area contributed by atoms with Gasteiger partial charge in [-0.15, -0.1) is 0 Å². The van der Waals surface area contributed by atoms with Crippen molar-refractivity contribution in [2.45, 2.75) is 6.92 Å². The Morgan fingerprint density at radius 1 is 1.13 bits per heavy atom. The highest BCUT2D eigenvalue weighted by Crippen LogP contribution is 2.32. The van der Waals surface area contributed by atoms with Gasteiger partial charge >= 0.3 is 5.97 Å². The number of rotatable bonds is 4. The second-order valence-electron chi connectivity index (χ2n) is 4.57. The Labute approximate surface area is 144 Å². The summed E-state index contributed by atoms with van der Waals surface area (Å²) < 4.78 is 4.99. The van der Waals surface area contributed by atoms with Crippen LogP contribution in [0.1, 0.15) is 18.1 Å². The Bertz CT molecular complexity index is 789. The molecule has 0 amide bonds. The summed E-state index contributed by atoms with van der Waals surface area (Å²) in [6.07, 6.45) is 0. The monoisotopic (exact) mass is 345 g/mol. The zero-order valence-corrected chi connectivity index (χ0v) is 13.9. The van der Waals surface area contributed by atoms with Crippen molar-refractivity contribution in [1.82, 2.24) is 0 Å². The summed E-state index contributed by atoms with van der Waals surface area (Å²) in [6.45, 7) is 1.87. The van der Waals surface area contributed by atoms with Crippen LogP contribution in [-0.2, 0) is 9.53 Å². The lowest BCUT2D eigenvalue weighted by Gasteiger charge is -2.13. The van der Waals surface area contributed by atoms with E-state index in [1.807, 2.05) is 6.07 Å². The predicted octanol–water partition coefficient (Wildman–Crippen LogP) is 4.88. The van der Waals surface area contributed by atoms with Crippen molar-refractivity contribution in [3.63, 3.8) is 0 Å². The van der Waals surface area contributed by atoms with Crippen LogP contribution in [0.4, 0.5) is 0 Å². The van der Waals surface area contributed by atoms with E-state index < -0.39 is 5.97 Å². The first-order valence-corrected chi connectivity index (χ1v) is 7.66. The molecule has 2 aromatic rings. The molecule has 0 aliphatic carbocycles. The third-order valence-corrected chi connectivity index (χ3v) is 3.70. The molecule has 2 aromatic carbocycles. The van der Waals surface area contributed by atoms with E-state index in [-0.39, 0.29) is 12.2 Å². The lowest BCUT2D eigenvalue weighted by atomic mass is 9.93. The average Bonchev–Trinajstić information content (AvgIpc) is 2.55. The molecule has 0 radical (unpaired) electrons. The molecular weight excluding hydrogens is 333 g/mol. The summed E-state index contributed by atoms with van der Waals surface area (Å²) in [6, 6.07) is 15.8. The number of nitriles is 1. The smallest absolute Gasteiger partial charge is 0.349 e. The molecule has 0 spiro atoms. The number of hydrogen-bond donors (Lipinski definition) is 0. The van der Waals surface area contributed by atoms with E-state index in [4.69, 9.17) is 27.9 Å². The average molecular weight is 346 g/mol. The van der Waals surface area contributed by atoms with Gasteiger partial charge in [0, 0.05) is 21.2 Å². The Kier molecular flexibility index (Phi) is 5.81. The lowest BCUT2D eigenvalue weighted by Crippen LogP contribution is -2.09. The molecule has 0 N–H and O–H groups in total. The molecule has 0 atom stereocenters. The summed E-state index contributed by atoms with van der Waals surface area (Å²) in [5.41, 5.74) is 1.57. The lowest BCUT2D eigenvalue weighted by molar-refractivity contribution is -0.137. The molecule has 0 saturated heterocycles. The van der Waals surface area contributed by atoms with Crippen LogP contribution in [-0.4, -0.2) is 12.6 Å². The highest BCUT2D eigenvalue weighted by Gasteiger charge is 2.21. The Morgan fingerprint density at radius 2 is 1.78 bits per heavy atom. The Hall–Kier alpha value is -2.28. The molecule has 0 aliphatic heterocycles. The quantitative estimate of drug-likeness (QED) is 0.450. The van der Waals surface area contributed by atoms with Crippen molar-refractivity contribution in [1.29, 1.82) is 5.26 Å². The molecule has 0 aromatic heterocycles. The largest absolute Gasteiger partial charge is 0.462 e. The van der Waals surface area contributed by atoms with Gasteiger partial charge in [-0.3, -0.25) is 0 Å². The molecule has 0 saturated carbocycles. The van der Waals surface area contributed by atoms with Crippen molar-refractivity contribution in [3.8, 4) is 6.07 Å². The number of halogens is 2. The topological polar surface area (TPSA) is 50.1 Å². The highest BCUT2D eigenvalue weighted by molar-refractivity contribution is 6.33. The second kappa shape index (κ2) is 7.82. The van der Waals surface area contributed by atoms with E-state index in [0.29, 0.717) is 26.7 Å². The zero-order valence-electron chi connectivity index (χ0n) is 12.3. The molecule has 0 heterocycles. The first-order valence-electron chi connectivity index (χ1n) is 6.90. The fraction of sp³-hybridized carbons (Fsp3) is 0.111. The van der Waals surface area contributed by atoms with E-state index in [1.54, 1.807) is 55.5 Å². The van der Waals surface area contributed by atoms with Crippen LogP contribution in [0, 0.1) is 11.3 Å². The van der Waals surface area contributed by atoms with Gasteiger partial charge in [0.2, 0.25) is 0 Å². The van der Waals surface area contributed by atoms with E-state index in [1.165, 1.54) is 0 Å². The molecule has 0 fully saturated rings. The maximum Gasteiger partial charge on any atom is 0.349 e. The van der Waals surface area contributed by atoms with Gasteiger partial charge in [0.25, 0.3) is 0 Å². The van der Waals surface area contributed by atoms with Gasteiger partial charge in [0.1, 0.15) is 11.6 Å². The first-order chi connectivity index (χ1) is 11.1. The van der Waals surface area contributed by atoms with Crippen LogP contribution in [0.25, 0.3) is 5.57 Å². The molecule has 3 nitrogen and oxygen atoms in total. The van der Waals surface area contributed by atoms with Gasteiger partial charge in [0.05, 0.1) is 6.61 Å². The van der Waals surface area contributed by atoms with Crippen molar-refractivity contribution >= 4 is 34.7 Å². The molecule has 116 valence electrons. The number of ether oxygens (including phenoxy) is 1. The number of carbonyl (C=O) groups is 1. The van der Waals surface area contributed by atoms with Gasteiger partial charge in [-0.25, -0.2) is 4.79 Å². The SMILES string of the molecule is CCOC(=O)/C(C#N)=C(/c1ccc(Cl)cc1)c1ccccc1Cl. The molecule has 2 rings (SSSR count). The van der Waals surface area contributed by atoms with Gasteiger partial charge < -0.3 is 4.74 Å². The van der Waals surface area contributed by atoms with Gasteiger partial charge in [0.15, 0.2) is 0 Å². The van der Waals surface area contributed by atoms with Crippen molar-refractivity contribution in [2.75, 3.05) is 6.61 Å². The second-order valence-corrected chi connectivity index (χ2v) is 5.41. The molecule has 23 heavy (non-hydrogen) atoms. The van der Waals surface area contributed by atoms with Crippen LogP contribution in [0.2, 0.25) is 10.0 Å². The zero-order chi connectivity index (χ0) is 16.8. The third kappa shape index (κ3) is 3.92. The van der Waals surface area contributed by atoms with Gasteiger partial charge in [-0.1, -0.05) is 53.5 Å². The van der Waals surface area contributed by atoms with Crippen molar-refractivity contribution in [3.05, 3.63) is 75.3 Å². The standard InChI is InChI=1S/C18H13Cl2NO2/c1-2-23-18(22)15(11-21)17(12-7-9-13(19)10-8-12)14-5-3-4-6-16(14)20/h3-10H,2H2,1H3/b17-15-. The number of carbonyl (C=O) groups excluding carboxylic acids is 1. The van der Waals surface area contributed by atoms with Crippen LogP contribution in [0.3, 0.4) is 0 Å². The number of hydrogen-bond acceptors (Lipinski definition) is 3. The Morgan fingerprint density at radius 3 is 2.35 bits per heavy atom. The third-order valence-electron chi connectivity index (χ3n) is 3.12. The highest BCUT2D eigenvalue weighted by atomic mass is 35.5. The van der Waals surface area contributed by atoms with E-state index >= 15 is 0 Å². The van der Waals surface area contributed by atoms with Crippen LogP contribution in [0.15, 0.2) is 54.1 Å². The summed E-state index contributed by atoms with van der Waals surface area (Å²) in [7, 11) is 0. The maximum absolute atomic E-state index is 12.2. The number of benzene rings is 2. The maximum atomic E-state index is 12.2. The number of esters is 1. The number of nitrogens with zero attached hydrogens (tertiary/aromatic N) is 1. The van der Waals surface area contributed by atoms with E-state index in [2.05, 4.69) is 0 Å². The fourth-order valence-corrected chi connectivity index (χ4v) is 2.48. The molecule has 0 aliphatic rings. The minimum Gasteiger partial charge on any atom is -0.462 e. The normalized spacial score (nSPS) is 11.4. The minimum atomic E-state index is -0.681. The Balaban J connectivity index is 2.74. The van der Waals surface area contributed by atoms with Crippen LogP contribution in [0.5, 0.6) is 0 Å². The molecule has 0 bridgehead atoms. The minimum absolute atomic E-state index is 0.0951. The van der Waals surface area contributed by atoms with Crippen molar-refractivity contribution < 1.29 is 9.53 Å². The summed E-state index contributed by atoms with van der Waals surface area (Å²) >= 11 is 12.2. The van der Waals surface area contributed by atoms with Crippen LogP contribution < -0.4 is 0 Å². The predicted molar refractivity (Wildman–Crippen MR) is 91.2 cm³/mol. The van der Waals surface area contributed by atoms with E-state index in [9.17, 15) is 10.1 Å². The summed E-state index contributed by atoms with van der Waals surface area (Å²) in [4.78, 5) is 12.2. The molecule has 0 unspecified atom stereocenters. The fourth-order valence-electron chi connectivity index (χ4n) is 2.12. The molecule has 5 heteroatoms. The van der Waals surface area contributed by atoms with Crippen LogP contribution >= 0.6 is 23.2 Å². The summed E-state index contributed by atoms with van der Waals surface area (Å²) in [5, 5.41) is 10.5. The molecular formula is C18H13Cl2NO2. The van der Waals surface area contributed by atoms with Gasteiger partial charge in [-0.2, -0.15) is 5.26 Å². The first kappa shape index (κ1) is 17.1. The summed E-state index contributed by atoms with van der Waals surface area (Å²) in [5.74, 6) is -0.681. The van der Waals surface area contributed by atoms with Gasteiger partial charge in [-0.05, 0) is 30.7 Å². The van der Waals surface area contributed by atoms with Crippen molar-refractivity contribution in [2.24, 2.45) is 0 Å².